The Balaban J connectivity index is 1.88. The maximum absolute atomic E-state index is 13.5. The third-order valence-electron chi connectivity index (χ3n) is 4.80. The number of benzene rings is 3. The molecule has 4 rings (SSSR count). The fourth-order valence-electron chi connectivity index (χ4n) is 3.42. The lowest BCUT2D eigenvalue weighted by Gasteiger charge is -2.18. The second-order valence-electron chi connectivity index (χ2n) is 6.98. The van der Waals surface area contributed by atoms with Gasteiger partial charge in [0.05, 0.1) is 21.2 Å². The number of rotatable bonds is 4. The molecule has 0 N–H and O–H groups in total. The Morgan fingerprint density at radius 3 is 2.23 bits per heavy atom. The van der Waals surface area contributed by atoms with Gasteiger partial charge in [0.1, 0.15) is 0 Å². The van der Waals surface area contributed by atoms with Gasteiger partial charge in [-0.05, 0) is 49.7 Å². The third-order valence-corrected chi connectivity index (χ3v) is 6.44. The lowest BCUT2D eigenvalue weighted by molar-refractivity contribution is -0.119. The molecule has 6 heteroatoms. The van der Waals surface area contributed by atoms with E-state index in [4.69, 9.17) is 23.2 Å². The van der Waals surface area contributed by atoms with Crippen LogP contribution in [0.5, 0.6) is 0 Å². The van der Waals surface area contributed by atoms with Gasteiger partial charge in [-0.3, -0.25) is 9.59 Å². The van der Waals surface area contributed by atoms with Crippen molar-refractivity contribution < 1.29 is 9.59 Å². The molecule has 30 heavy (non-hydrogen) atoms. The predicted molar refractivity (Wildman–Crippen MR) is 124 cm³/mol. The molecule has 0 radical (unpaired) electrons. The van der Waals surface area contributed by atoms with Crippen LogP contribution in [0.25, 0.3) is 5.57 Å². The molecular formula is C24H17Cl2NO2S. The topological polar surface area (TPSA) is 37.4 Å². The average Bonchev–Trinajstić information content (AvgIpc) is 2.93. The Labute approximate surface area is 189 Å². The Morgan fingerprint density at radius 1 is 0.833 bits per heavy atom. The molecule has 3 nitrogen and oxygen atoms in total. The van der Waals surface area contributed by atoms with Gasteiger partial charge in [0.2, 0.25) is 0 Å². The number of aryl methyl sites for hydroxylation is 2. The molecule has 150 valence electrons. The Morgan fingerprint density at radius 2 is 1.57 bits per heavy atom. The van der Waals surface area contributed by atoms with E-state index in [1.807, 2.05) is 56.3 Å². The number of carbonyl (C=O) groups is 2. The first-order valence-corrected chi connectivity index (χ1v) is 10.8. The molecule has 0 saturated carbocycles. The number of imide groups is 1. The van der Waals surface area contributed by atoms with E-state index in [0.717, 1.165) is 16.0 Å². The summed E-state index contributed by atoms with van der Waals surface area (Å²) in [4.78, 5) is 29.5. The van der Waals surface area contributed by atoms with Crippen molar-refractivity contribution in [1.82, 2.24) is 0 Å². The van der Waals surface area contributed by atoms with E-state index >= 15 is 0 Å². The van der Waals surface area contributed by atoms with E-state index in [-0.39, 0.29) is 11.5 Å². The van der Waals surface area contributed by atoms with E-state index in [0.29, 0.717) is 26.2 Å². The van der Waals surface area contributed by atoms with Crippen molar-refractivity contribution in [3.8, 4) is 0 Å². The van der Waals surface area contributed by atoms with Crippen molar-refractivity contribution >= 4 is 58.0 Å². The molecule has 0 unspecified atom stereocenters. The van der Waals surface area contributed by atoms with Crippen LogP contribution in [0.3, 0.4) is 0 Å². The zero-order chi connectivity index (χ0) is 21.4. The van der Waals surface area contributed by atoms with Gasteiger partial charge in [0.15, 0.2) is 0 Å². The van der Waals surface area contributed by atoms with Crippen molar-refractivity contribution in [3.05, 3.63) is 98.4 Å². The summed E-state index contributed by atoms with van der Waals surface area (Å²) < 4.78 is 0. The molecule has 0 saturated heterocycles. The molecule has 1 heterocycles. The first kappa shape index (κ1) is 20.7. The maximum atomic E-state index is 13.5. The Hall–Kier alpha value is -2.53. The number of anilines is 1. The minimum atomic E-state index is -0.394. The molecule has 0 spiro atoms. The molecular weight excluding hydrogens is 437 g/mol. The molecule has 1 aliphatic heterocycles. The van der Waals surface area contributed by atoms with Crippen molar-refractivity contribution in [1.29, 1.82) is 0 Å². The van der Waals surface area contributed by atoms with Gasteiger partial charge >= 0.3 is 0 Å². The van der Waals surface area contributed by atoms with Crippen LogP contribution in [0.1, 0.15) is 16.7 Å². The van der Waals surface area contributed by atoms with Crippen molar-refractivity contribution in [3.63, 3.8) is 0 Å². The zero-order valence-electron chi connectivity index (χ0n) is 16.3. The van der Waals surface area contributed by atoms with Gasteiger partial charge in [-0.25, -0.2) is 4.90 Å². The molecule has 0 aliphatic carbocycles. The van der Waals surface area contributed by atoms with E-state index < -0.39 is 5.91 Å². The van der Waals surface area contributed by atoms with Gasteiger partial charge in [-0.2, -0.15) is 0 Å². The Bertz CT molecular complexity index is 1210. The molecule has 1 aliphatic rings. The highest BCUT2D eigenvalue weighted by Gasteiger charge is 2.41. The highest BCUT2D eigenvalue weighted by molar-refractivity contribution is 8.04. The number of nitrogens with zero attached hydrogens (tertiary/aromatic N) is 1. The number of thioether (sulfide) groups is 1. The second-order valence-corrected chi connectivity index (χ2v) is 8.91. The second kappa shape index (κ2) is 8.31. The molecule has 0 bridgehead atoms. The minimum Gasteiger partial charge on any atom is -0.268 e. The number of amides is 2. The van der Waals surface area contributed by atoms with Crippen molar-refractivity contribution in [2.45, 2.75) is 18.7 Å². The van der Waals surface area contributed by atoms with E-state index in [1.165, 1.54) is 16.7 Å². The highest BCUT2D eigenvalue weighted by atomic mass is 35.5. The summed E-state index contributed by atoms with van der Waals surface area (Å²) in [6, 6.07) is 20.0. The van der Waals surface area contributed by atoms with Gasteiger partial charge in [0, 0.05) is 15.5 Å². The van der Waals surface area contributed by atoms with E-state index in [1.54, 1.807) is 24.3 Å². The summed E-state index contributed by atoms with van der Waals surface area (Å²) in [6.45, 7) is 3.86. The lowest BCUT2D eigenvalue weighted by atomic mass is 10.1. The fraction of sp³-hybridized carbons (Fsp3) is 0.0833. The van der Waals surface area contributed by atoms with Crippen LogP contribution in [-0.2, 0) is 9.59 Å². The summed E-state index contributed by atoms with van der Waals surface area (Å²) in [5.74, 6) is -0.753. The molecule has 0 aromatic heterocycles. The number of carbonyl (C=O) groups excluding carboxylic acids is 2. The number of halogens is 2. The van der Waals surface area contributed by atoms with Crippen molar-refractivity contribution in [2.75, 3.05) is 4.90 Å². The van der Waals surface area contributed by atoms with Crippen LogP contribution in [0.2, 0.25) is 10.0 Å². The van der Waals surface area contributed by atoms with Crippen LogP contribution in [-0.4, -0.2) is 11.8 Å². The number of hydrogen-bond acceptors (Lipinski definition) is 3. The first-order valence-electron chi connectivity index (χ1n) is 9.25. The molecule has 0 atom stereocenters. The maximum Gasteiger partial charge on any atom is 0.272 e. The third kappa shape index (κ3) is 3.79. The monoisotopic (exact) mass is 453 g/mol. The predicted octanol–water partition coefficient (Wildman–Crippen LogP) is 6.69. The van der Waals surface area contributed by atoms with Crippen LogP contribution >= 0.6 is 35.0 Å². The highest BCUT2D eigenvalue weighted by Crippen LogP contribution is 2.43. The van der Waals surface area contributed by atoms with Gasteiger partial charge < -0.3 is 0 Å². The van der Waals surface area contributed by atoms with Gasteiger partial charge in [-0.15, -0.1) is 0 Å². The van der Waals surface area contributed by atoms with Crippen LogP contribution in [0.15, 0.2) is 76.5 Å². The largest absolute Gasteiger partial charge is 0.272 e. The lowest BCUT2D eigenvalue weighted by Crippen LogP contribution is -2.32. The summed E-state index contributed by atoms with van der Waals surface area (Å²) >= 11 is 13.7. The van der Waals surface area contributed by atoms with Crippen molar-refractivity contribution in [2.24, 2.45) is 0 Å². The molecule has 3 aromatic carbocycles. The smallest absolute Gasteiger partial charge is 0.268 e. The van der Waals surface area contributed by atoms with E-state index in [2.05, 4.69) is 0 Å². The van der Waals surface area contributed by atoms with E-state index in [9.17, 15) is 9.59 Å². The van der Waals surface area contributed by atoms with Gasteiger partial charge in [0.25, 0.3) is 11.8 Å². The molecule has 3 aromatic rings. The summed E-state index contributed by atoms with van der Waals surface area (Å²) in [5.41, 5.74) is 3.26. The van der Waals surface area contributed by atoms with Crippen LogP contribution in [0.4, 0.5) is 5.69 Å². The quantitative estimate of drug-likeness (QED) is 0.413. The first-order chi connectivity index (χ1) is 14.4. The fourth-order valence-corrected chi connectivity index (χ4v) is 4.93. The standard InChI is InChI=1S/C24H17Cl2NO2S/c1-14-8-11-20(15(2)12-14)27-23(28)21(18-10-9-16(25)13-19(18)26)22(24(27)29)30-17-6-4-3-5-7-17/h3-13H,1-2H3. The average molecular weight is 454 g/mol. The summed E-state index contributed by atoms with van der Waals surface area (Å²) in [5, 5.41) is 0.789. The summed E-state index contributed by atoms with van der Waals surface area (Å²) in [6.07, 6.45) is 0. The SMILES string of the molecule is Cc1ccc(N2C(=O)C(Sc3ccccc3)=C(c3ccc(Cl)cc3Cl)C2=O)c(C)c1. The molecule has 0 fully saturated rings. The number of hydrogen-bond donors (Lipinski definition) is 0. The van der Waals surface area contributed by atoms with Crippen LogP contribution in [0, 0.1) is 13.8 Å². The molecule has 2 amide bonds. The Kier molecular flexibility index (Phi) is 5.74. The minimum absolute atomic E-state index is 0.287. The summed E-state index contributed by atoms with van der Waals surface area (Å²) in [7, 11) is 0. The normalized spacial score (nSPS) is 14.1. The van der Waals surface area contributed by atoms with Gasteiger partial charge in [-0.1, -0.05) is 76.9 Å². The van der Waals surface area contributed by atoms with Crippen LogP contribution < -0.4 is 4.90 Å². The zero-order valence-corrected chi connectivity index (χ0v) is 18.6.